The predicted molar refractivity (Wildman–Crippen MR) is 79.0 cm³/mol. The molecule has 3 N–H and O–H groups in total. The van der Waals surface area contributed by atoms with E-state index in [-0.39, 0.29) is 0 Å². The van der Waals surface area contributed by atoms with Gasteiger partial charge in [-0.15, -0.1) is 0 Å². The van der Waals surface area contributed by atoms with Crippen molar-refractivity contribution in [1.82, 2.24) is 5.32 Å². The molecule has 0 radical (unpaired) electrons. The average Bonchev–Trinajstić information content (AvgIpc) is 3.25. The molecule has 0 aromatic heterocycles. The second-order valence-corrected chi connectivity index (χ2v) is 7.14. The molecule has 3 aliphatic rings. The van der Waals surface area contributed by atoms with Crippen molar-refractivity contribution in [2.75, 3.05) is 18.8 Å². The van der Waals surface area contributed by atoms with E-state index in [1.54, 1.807) is 0 Å². The summed E-state index contributed by atoms with van der Waals surface area (Å²) in [7, 11) is 0. The van der Waals surface area contributed by atoms with Crippen LogP contribution in [0.3, 0.4) is 0 Å². The number of benzene rings is 1. The van der Waals surface area contributed by atoms with Crippen molar-refractivity contribution in [3.05, 3.63) is 29.8 Å². The van der Waals surface area contributed by atoms with Gasteiger partial charge in [-0.3, -0.25) is 0 Å². The van der Waals surface area contributed by atoms with Crippen LogP contribution in [-0.4, -0.2) is 13.1 Å². The van der Waals surface area contributed by atoms with Crippen LogP contribution in [0.2, 0.25) is 0 Å². The fourth-order valence-corrected chi connectivity index (χ4v) is 3.69. The van der Waals surface area contributed by atoms with E-state index in [9.17, 15) is 0 Å². The number of nitrogens with one attached hydrogen (secondary N) is 1. The number of hydrogen-bond donors (Lipinski definition) is 2. The molecule has 2 nitrogen and oxygen atoms in total. The summed E-state index contributed by atoms with van der Waals surface area (Å²) in [5.74, 6) is 1.06. The molecule has 0 saturated heterocycles. The van der Waals surface area contributed by atoms with Gasteiger partial charge in [-0.2, -0.15) is 0 Å². The molecule has 4 rings (SSSR count). The number of nitrogen functional groups attached to an aromatic ring is 1. The highest BCUT2D eigenvalue weighted by atomic mass is 14.9. The fourth-order valence-electron chi connectivity index (χ4n) is 3.69. The predicted octanol–water partition coefficient (Wildman–Crippen LogP) is 3.08. The van der Waals surface area contributed by atoms with Crippen LogP contribution in [-0.2, 0) is 5.41 Å². The van der Waals surface area contributed by atoms with Gasteiger partial charge in [0.2, 0.25) is 0 Å². The molecule has 0 bridgehead atoms. The largest absolute Gasteiger partial charge is 0.399 e. The number of nitrogens with two attached hydrogens (primary N) is 1. The Hall–Kier alpha value is -1.02. The second kappa shape index (κ2) is 3.99. The van der Waals surface area contributed by atoms with E-state index in [4.69, 9.17) is 5.73 Å². The summed E-state index contributed by atoms with van der Waals surface area (Å²) in [6, 6.07) is 8.53. The fraction of sp³-hybridized carbons (Fsp3) is 0.647. The molecule has 0 amide bonds. The van der Waals surface area contributed by atoms with Crippen LogP contribution in [0.4, 0.5) is 5.69 Å². The van der Waals surface area contributed by atoms with E-state index < -0.39 is 0 Å². The molecule has 3 fully saturated rings. The highest BCUT2D eigenvalue weighted by molar-refractivity contribution is 5.43. The molecule has 0 aliphatic heterocycles. The van der Waals surface area contributed by atoms with E-state index >= 15 is 0 Å². The van der Waals surface area contributed by atoms with Crippen LogP contribution in [0.25, 0.3) is 0 Å². The Morgan fingerprint density at radius 1 is 1.00 bits per heavy atom. The van der Waals surface area contributed by atoms with E-state index in [1.807, 2.05) is 12.1 Å². The topological polar surface area (TPSA) is 38.0 Å². The number of rotatable bonds is 6. The van der Waals surface area contributed by atoms with Crippen molar-refractivity contribution in [1.29, 1.82) is 0 Å². The van der Waals surface area contributed by atoms with Gasteiger partial charge in [-0.25, -0.2) is 0 Å². The Bertz CT molecular complexity index is 465. The van der Waals surface area contributed by atoms with Gasteiger partial charge in [-0.05, 0) is 67.6 Å². The summed E-state index contributed by atoms with van der Waals surface area (Å²) in [5, 5.41) is 3.79. The zero-order valence-electron chi connectivity index (χ0n) is 11.6. The standard InChI is InChI=1S/C17H24N2/c18-15-5-3-14(4-6-15)17(9-10-17)12-19-11-16(7-8-16)13-1-2-13/h3-6,13,19H,1-2,7-12,18H2. The van der Waals surface area contributed by atoms with E-state index in [0.29, 0.717) is 5.41 Å². The van der Waals surface area contributed by atoms with Gasteiger partial charge in [0.05, 0.1) is 0 Å². The summed E-state index contributed by atoms with van der Waals surface area (Å²) in [6.45, 7) is 2.42. The smallest absolute Gasteiger partial charge is 0.0314 e. The normalized spacial score (nSPS) is 26.1. The molecule has 0 unspecified atom stereocenters. The zero-order valence-corrected chi connectivity index (χ0v) is 11.6. The molecule has 3 aliphatic carbocycles. The van der Waals surface area contributed by atoms with Crippen LogP contribution in [0.5, 0.6) is 0 Å². The first-order valence-corrected chi connectivity index (χ1v) is 7.79. The van der Waals surface area contributed by atoms with Crippen molar-refractivity contribution in [2.45, 2.75) is 43.9 Å². The minimum absolute atomic E-state index is 0.424. The third kappa shape index (κ3) is 2.16. The maximum Gasteiger partial charge on any atom is 0.0314 e. The molecule has 102 valence electrons. The van der Waals surface area contributed by atoms with E-state index in [2.05, 4.69) is 17.4 Å². The Labute approximate surface area is 115 Å². The molecule has 1 aromatic carbocycles. The minimum Gasteiger partial charge on any atom is -0.399 e. The third-order valence-electron chi connectivity index (χ3n) is 5.65. The first kappa shape index (κ1) is 11.8. The average molecular weight is 256 g/mol. The lowest BCUT2D eigenvalue weighted by Gasteiger charge is -2.20. The molecule has 19 heavy (non-hydrogen) atoms. The summed E-state index contributed by atoms with van der Waals surface area (Å²) in [6.07, 6.45) is 8.59. The van der Waals surface area contributed by atoms with Gasteiger partial charge in [0.25, 0.3) is 0 Å². The van der Waals surface area contributed by atoms with Crippen LogP contribution in [0, 0.1) is 11.3 Å². The Morgan fingerprint density at radius 3 is 2.21 bits per heavy atom. The Morgan fingerprint density at radius 2 is 1.68 bits per heavy atom. The highest BCUT2D eigenvalue weighted by Gasteiger charge is 2.53. The molecule has 2 heteroatoms. The third-order valence-corrected chi connectivity index (χ3v) is 5.65. The minimum atomic E-state index is 0.424. The summed E-state index contributed by atoms with van der Waals surface area (Å²) in [5.41, 5.74) is 9.27. The monoisotopic (exact) mass is 256 g/mol. The van der Waals surface area contributed by atoms with E-state index in [0.717, 1.165) is 23.6 Å². The van der Waals surface area contributed by atoms with Gasteiger partial charge in [-0.1, -0.05) is 12.1 Å². The van der Waals surface area contributed by atoms with E-state index in [1.165, 1.54) is 50.6 Å². The van der Waals surface area contributed by atoms with Crippen molar-refractivity contribution >= 4 is 5.69 Å². The van der Waals surface area contributed by atoms with Gasteiger partial charge < -0.3 is 11.1 Å². The first-order chi connectivity index (χ1) is 9.23. The molecule has 3 saturated carbocycles. The lowest BCUT2D eigenvalue weighted by Crippen LogP contribution is -2.32. The van der Waals surface area contributed by atoms with Gasteiger partial charge in [0.15, 0.2) is 0 Å². The van der Waals surface area contributed by atoms with Crippen molar-refractivity contribution in [3.63, 3.8) is 0 Å². The van der Waals surface area contributed by atoms with Gasteiger partial charge in [0.1, 0.15) is 0 Å². The molecular formula is C17H24N2. The molecule has 1 aromatic rings. The highest BCUT2D eigenvalue weighted by Crippen LogP contribution is 2.61. The summed E-state index contributed by atoms with van der Waals surface area (Å²) < 4.78 is 0. The van der Waals surface area contributed by atoms with Crippen molar-refractivity contribution < 1.29 is 0 Å². The van der Waals surface area contributed by atoms with Crippen LogP contribution < -0.4 is 11.1 Å². The van der Waals surface area contributed by atoms with Crippen molar-refractivity contribution in [3.8, 4) is 0 Å². The van der Waals surface area contributed by atoms with Crippen LogP contribution in [0.1, 0.15) is 44.1 Å². The molecule has 0 atom stereocenters. The number of hydrogen-bond acceptors (Lipinski definition) is 2. The maximum absolute atomic E-state index is 5.78. The zero-order chi connectivity index (χ0) is 12.9. The molecule has 0 spiro atoms. The van der Waals surface area contributed by atoms with Gasteiger partial charge >= 0.3 is 0 Å². The summed E-state index contributed by atoms with van der Waals surface area (Å²) in [4.78, 5) is 0. The lowest BCUT2D eigenvalue weighted by molar-refractivity contribution is 0.393. The van der Waals surface area contributed by atoms with Crippen LogP contribution in [0.15, 0.2) is 24.3 Å². The first-order valence-electron chi connectivity index (χ1n) is 7.79. The summed E-state index contributed by atoms with van der Waals surface area (Å²) >= 11 is 0. The quantitative estimate of drug-likeness (QED) is 0.768. The SMILES string of the molecule is Nc1ccc(C2(CNCC3(C4CC4)CC3)CC2)cc1. The Balaban J connectivity index is 1.36. The lowest BCUT2D eigenvalue weighted by atomic mass is 9.94. The van der Waals surface area contributed by atoms with Gasteiger partial charge in [0, 0.05) is 24.2 Å². The molecule has 0 heterocycles. The maximum atomic E-state index is 5.78. The Kier molecular flexibility index (Phi) is 2.47. The second-order valence-electron chi connectivity index (χ2n) is 7.14. The molecular weight excluding hydrogens is 232 g/mol. The van der Waals surface area contributed by atoms with Crippen LogP contribution >= 0.6 is 0 Å². The number of anilines is 1. The van der Waals surface area contributed by atoms with Crippen molar-refractivity contribution in [2.24, 2.45) is 11.3 Å².